The maximum Gasteiger partial charge on any atom is 0.143 e. The van der Waals surface area contributed by atoms with Gasteiger partial charge in [0.05, 0.1) is 5.69 Å². The van der Waals surface area contributed by atoms with Crippen LogP contribution in [0.1, 0.15) is 24.1 Å². The van der Waals surface area contributed by atoms with Gasteiger partial charge in [0.25, 0.3) is 0 Å². The van der Waals surface area contributed by atoms with E-state index in [1.54, 1.807) is 12.1 Å². The molecule has 2 aromatic carbocycles. The van der Waals surface area contributed by atoms with Crippen molar-refractivity contribution in [1.82, 2.24) is 0 Å². The lowest BCUT2D eigenvalue weighted by molar-refractivity contribution is 0.623. The second kappa shape index (κ2) is 6.02. The van der Waals surface area contributed by atoms with E-state index in [4.69, 9.17) is 5.26 Å². The van der Waals surface area contributed by atoms with Gasteiger partial charge in [0.2, 0.25) is 0 Å². The van der Waals surface area contributed by atoms with E-state index in [-0.39, 0.29) is 17.4 Å². The molecule has 2 nitrogen and oxygen atoms in total. The number of hydrogen-bond acceptors (Lipinski definition) is 2. The van der Waals surface area contributed by atoms with Crippen LogP contribution in [0, 0.1) is 23.0 Å². The Morgan fingerprint density at radius 2 is 2.00 bits per heavy atom. The molecule has 1 N–H and O–H groups in total. The maximum atomic E-state index is 13.5. The van der Waals surface area contributed by atoms with Crippen molar-refractivity contribution < 1.29 is 8.78 Å². The molecule has 0 saturated carbocycles. The second-order valence-corrected chi connectivity index (χ2v) is 5.16. The monoisotopic (exact) mass is 336 g/mol. The van der Waals surface area contributed by atoms with E-state index >= 15 is 0 Å². The molecule has 0 heterocycles. The molecule has 102 valence electrons. The van der Waals surface area contributed by atoms with Crippen molar-refractivity contribution in [2.24, 2.45) is 0 Å². The van der Waals surface area contributed by atoms with Crippen LogP contribution in [0.4, 0.5) is 14.5 Å². The molecule has 2 rings (SSSR count). The molecule has 5 heteroatoms. The summed E-state index contributed by atoms with van der Waals surface area (Å²) in [5.74, 6) is -0.904. The van der Waals surface area contributed by atoms with Crippen molar-refractivity contribution in [3.8, 4) is 6.07 Å². The number of nitrogens with zero attached hydrogens (tertiary/aromatic N) is 1. The molecule has 0 aliphatic rings. The molecule has 20 heavy (non-hydrogen) atoms. The lowest BCUT2D eigenvalue weighted by atomic mass is 10.1. The van der Waals surface area contributed by atoms with Crippen LogP contribution < -0.4 is 5.32 Å². The molecule has 0 bridgehead atoms. The van der Waals surface area contributed by atoms with Crippen LogP contribution >= 0.6 is 15.9 Å². The Morgan fingerprint density at radius 1 is 1.25 bits per heavy atom. The first-order valence-corrected chi connectivity index (χ1v) is 6.72. The van der Waals surface area contributed by atoms with Crippen LogP contribution in [0.15, 0.2) is 40.9 Å². The average molecular weight is 337 g/mol. The number of nitriles is 1. The lowest BCUT2D eigenvalue weighted by Gasteiger charge is -2.18. The molecular formula is C15H11BrF2N2. The van der Waals surface area contributed by atoms with Gasteiger partial charge in [-0.05, 0) is 36.8 Å². The van der Waals surface area contributed by atoms with E-state index in [1.807, 2.05) is 13.0 Å². The molecule has 0 radical (unpaired) electrons. The van der Waals surface area contributed by atoms with Crippen molar-refractivity contribution in [1.29, 1.82) is 5.26 Å². The Kier molecular flexibility index (Phi) is 4.35. The summed E-state index contributed by atoms with van der Waals surface area (Å²) in [7, 11) is 0. The van der Waals surface area contributed by atoms with E-state index in [0.717, 1.165) is 5.56 Å². The Bertz CT molecular complexity index is 680. The van der Waals surface area contributed by atoms with Gasteiger partial charge >= 0.3 is 0 Å². The molecule has 0 amide bonds. The molecule has 0 aromatic heterocycles. The van der Waals surface area contributed by atoms with Gasteiger partial charge in [0.15, 0.2) is 0 Å². The van der Waals surface area contributed by atoms with Crippen LogP contribution in [0.5, 0.6) is 0 Å². The Hall–Kier alpha value is -1.93. The highest BCUT2D eigenvalue weighted by atomic mass is 79.9. The van der Waals surface area contributed by atoms with E-state index < -0.39 is 5.82 Å². The smallest absolute Gasteiger partial charge is 0.143 e. The van der Waals surface area contributed by atoms with E-state index in [0.29, 0.717) is 10.2 Å². The van der Waals surface area contributed by atoms with Gasteiger partial charge < -0.3 is 5.32 Å². The number of benzene rings is 2. The third kappa shape index (κ3) is 2.97. The summed E-state index contributed by atoms with van der Waals surface area (Å²) in [6, 6.07) is 10.4. The first kappa shape index (κ1) is 14.5. The Morgan fingerprint density at radius 3 is 2.65 bits per heavy atom. The molecule has 0 saturated heterocycles. The van der Waals surface area contributed by atoms with Gasteiger partial charge in [0.1, 0.15) is 23.3 Å². The molecule has 0 aliphatic carbocycles. The average Bonchev–Trinajstić information content (AvgIpc) is 2.38. The van der Waals surface area contributed by atoms with E-state index in [9.17, 15) is 8.78 Å². The fraction of sp³-hybridized carbons (Fsp3) is 0.133. The predicted molar refractivity (Wildman–Crippen MR) is 77.3 cm³/mol. The topological polar surface area (TPSA) is 35.8 Å². The summed E-state index contributed by atoms with van der Waals surface area (Å²) < 4.78 is 27.2. The number of hydrogen-bond donors (Lipinski definition) is 1. The molecule has 0 aliphatic heterocycles. The maximum absolute atomic E-state index is 13.5. The zero-order valence-corrected chi connectivity index (χ0v) is 12.2. The highest BCUT2D eigenvalue weighted by molar-refractivity contribution is 9.10. The van der Waals surface area contributed by atoms with Crippen LogP contribution in [0.3, 0.4) is 0 Å². The third-order valence-electron chi connectivity index (χ3n) is 2.93. The summed E-state index contributed by atoms with van der Waals surface area (Å²) in [4.78, 5) is 0. The number of anilines is 1. The molecule has 1 unspecified atom stereocenters. The van der Waals surface area contributed by atoms with Gasteiger partial charge in [-0.2, -0.15) is 5.26 Å². The lowest BCUT2D eigenvalue weighted by Crippen LogP contribution is -2.09. The van der Waals surface area contributed by atoms with Gasteiger partial charge in [-0.3, -0.25) is 0 Å². The summed E-state index contributed by atoms with van der Waals surface area (Å²) >= 11 is 3.29. The largest absolute Gasteiger partial charge is 0.377 e. The molecular weight excluding hydrogens is 326 g/mol. The molecule has 1 atom stereocenters. The van der Waals surface area contributed by atoms with Crippen LogP contribution in [0.2, 0.25) is 0 Å². The quantitative estimate of drug-likeness (QED) is 0.876. The van der Waals surface area contributed by atoms with Crippen molar-refractivity contribution in [3.63, 3.8) is 0 Å². The zero-order valence-electron chi connectivity index (χ0n) is 10.6. The van der Waals surface area contributed by atoms with Gasteiger partial charge in [-0.1, -0.05) is 28.1 Å². The minimum atomic E-state index is -0.567. The minimum Gasteiger partial charge on any atom is -0.377 e. The van der Waals surface area contributed by atoms with Gasteiger partial charge in [0, 0.05) is 10.5 Å². The molecule has 0 spiro atoms. The zero-order chi connectivity index (χ0) is 14.7. The number of halogens is 3. The Labute approximate surface area is 124 Å². The minimum absolute atomic E-state index is 0.0300. The van der Waals surface area contributed by atoms with Crippen LogP contribution in [0.25, 0.3) is 0 Å². The van der Waals surface area contributed by atoms with Crippen molar-refractivity contribution >= 4 is 21.6 Å². The summed E-state index contributed by atoms with van der Waals surface area (Å²) in [6.07, 6.45) is 0. The van der Waals surface area contributed by atoms with E-state index in [1.165, 1.54) is 24.3 Å². The predicted octanol–water partition coefficient (Wildman–Crippen LogP) is 4.77. The molecule has 2 aromatic rings. The standard InChI is InChI=1S/C15H11BrF2N2/c1-9(11-6-5-10(17)7-13(11)16)20-15-4-2-3-14(18)12(15)8-19/h2-7,9,20H,1H3. The van der Waals surface area contributed by atoms with Crippen molar-refractivity contribution in [2.75, 3.05) is 5.32 Å². The summed E-state index contributed by atoms with van der Waals surface area (Å²) in [5.41, 5.74) is 1.20. The summed E-state index contributed by atoms with van der Waals surface area (Å²) in [5, 5.41) is 12.0. The van der Waals surface area contributed by atoms with E-state index in [2.05, 4.69) is 21.2 Å². The SMILES string of the molecule is CC(Nc1cccc(F)c1C#N)c1ccc(F)cc1Br. The van der Waals surface area contributed by atoms with Gasteiger partial charge in [-0.25, -0.2) is 8.78 Å². The van der Waals surface area contributed by atoms with Crippen LogP contribution in [-0.2, 0) is 0 Å². The number of rotatable bonds is 3. The normalized spacial score (nSPS) is 11.8. The fourth-order valence-electron chi connectivity index (χ4n) is 1.92. The summed E-state index contributed by atoms with van der Waals surface area (Å²) in [6.45, 7) is 1.85. The molecule has 0 fully saturated rings. The van der Waals surface area contributed by atoms with Crippen molar-refractivity contribution in [2.45, 2.75) is 13.0 Å². The highest BCUT2D eigenvalue weighted by Gasteiger charge is 2.13. The fourth-order valence-corrected chi connectivity index (χ4v) is 2.62. The van der Waals surface area contributed by atoms with Crippen LogP contribution in [-0.4, -0.2) is 0 Å². The van der Waals surface area contributed by atoms with Gasteiger partial charge in [-0.15, -0.1) is 0 Å². The Balaban J connectivity index is 2.31. The number of nitrogens with one attached hydrogen (secondary N) is 1. The third-order valence-corrected chi connectivity index (χ3v) is 3.61. The van der Waals surface area contributed by atoms with Crippen molar-refractivity contribution in [3.05, 3.63) is 63.6 Å². The highest BCUT2D eigenvalue weighted by Crippen LogP contribution is 2.28. The first-order chi connectivity index (χ1) is 9.52. The first-order valence-electron chi connectivity index (χ1n) is 5.93. The second-order valence-electron chi connectivity index (χ2n) is 4.31.